The molecule has 0 bridgehead atoms. The van der Waals surface area contributed by atoms with E-state index in [1.807, 2.05) is 43.3 Å². The van der Waals surface area contributed by atoms with Crippen molar-refractivity contribution in [2.24, 2.45) is 5.16 Å². The molecule has 0 amide bonds. The summed E-state index contributed by atoms with van der Waals surface area (Å²) >= 11 is 0. The van der Waals surface area contributed by atoms with E-state index in [0.717, 1.165) is 11.3 Å². The first-order chi connectivity index (χ1) is 19.1. The van der Waals surface area contributed by atoms with Crippen molar-refractivity contribution in [1.29, 1.82) is 0 Å². The van der Waals surface area contributed by atoms with E-state index in [2.05, 4.69) is 20.1 Å². The number of halogens is 4. The molecule has 204 valence electrons. The fourth-order valence-electron chi connectivity index (χ4n) is 4.47. The monoisotopic (exact) mass is 548 g/mol. The predicted octanol–water partition coefficient (Wildman–Crippen LogP) is 7.25. The van der Waals surface area contributed by atoms with Crippen molar-refractivity contribution in [3.05, 3.63) is 113 Å². The minimum atomic E-state index is -4.71. The predicted molar refractivity (Wildman–Crippen MR) is 140 cm³/mol. The van der Waals surface area contributed by atoms with Crippen LogP contribution < -0.4 is 0 Å². The lowest BCUT2D eigenvalue weighted by Crippen LogP contribution is -2.12. The van der Waals surface area contributed by atoms with E-state index in [-0.39, 0.29) is 24.0 Å². The lowest BCUT2D eigenvalue weighted by molar-refractivity contribution is -0.138. The van der Waals surface area contributed by atoms with Crippen LogP contribution >= 0.6 is 0 Å². The molecule has 0 unspecified atom stereocenters. The first-order valence-electron chi connectivity index (χ1n) is 12.6. The number of pyridine rings is 3. The Morgan fingerprint density at radius 1 is 1.02 bits per heavy atom. The van der Waals surface area contributed by atoms with E-state index < -0.39 is 23.5 Å². The smallest absolute Gasteiger partial charge is 0.385 e. The van der Waals surface area contributed by atoms with Gasteiger partial charge in [-0.05, 0) is 55.0 Å². The number of ketones is 1. The van der Waals surface area contributed by atoms with Crippen LogP contribution in [0.3, 0.4) is 0 Å². The first kappa shape index (κ1) is 27.1. The number of Topliss-reactive ketones (excluding diaryl/α,β-unsaturated/α-hetero) is 1. The van der Waals surface area contributed by atoms with Crippen molar-refractivity contribution in [2.45, 2.75) is 44.9 Å². The Hall–Kier alpha value is -4.47. The third-order valence-electron chi connectivity index (χ3n) is 6.64. The summed E-state index contributed by atoms with van der Waals surface area (Å²) in [6, 6.07) is 14.9. The lowest BCUT2D eigenvalue weighted by Gasteiger charge is -2.14. The number of carbonyl (C=O) groups excluding carboxylic acids is 1. The van der Waals surface area contributed by atoms with Gasteiger partial charge >= 0.3 is 6.18 Å². The summed E-state index contributed by atoms with van der Waals surface area (Å²) in [5, 5.41) is 4.25. The molecule has 3 aromatic heterocycles. The minimum Gasteiger partial charge on any atom is -0.385 e. The van der Waals surface area contributed by atoms with Crippen LogP contribution in [-0.2, 0) is 11.0 Å². The number of carbonyl (C=O) groups is 1. The summed E-state index contributed by atoms with van der Waals surface area (Å²) in [5.74, 6) is -2.20. The van der Waals surface area contributed by atoms with Crippen LogP contribution in [0.5, 0.6) is 0 Å². The van der Waals surface area contributed by atoms with Gasteiger partial charge in [0, 0.05) is 54.0 Å². The minimum absolute atomic E-state index is 0.168. The molecule has 2 atom stereocenters. The highest BCUT2D eigenvalue weighted by molar-refractivity contribution is 6.05. The van der Waals surface area contributed by atoms with Gasteiger partial charge < -0.3 is 4.84 Å². The molecule has 5 rings (SSSR count). The van der Waals surface area contributed by atoms with Crippen molar-refractivity contribution in [2.75, 3.05) is 0 Å². The molecule has 4 aromatic rings. The van der Waals surface area contributed by atoms with Gasteiger partial charge in [0.15, 0.2) is 11.9 Å². The van der Waals surface area contributed by atoms with Crippen LogP contribution in [0, 0.1) is 12.7 Å². The third-order valence-corrected chi connectivity index (χ3v) is 6.64. The molecule has 4 heterocycles. The number of hydrogen-bond acceptors (Lipinski definition) is 6. The quantitative estimate of drug-likeness (QED) is 0.180. The number of nitrogens with zero attached hydrogens (tertiary/aromatic N) is 4. The highest BCUT2D eigenvalue weighted by Gasteiger charge is 2.32. The van der Waals surface area contributed by atoms with Crippen molar-refractivity contribution < 1.29 is 27.2 Å². The summed E-state index contributed by atoms with van der Waals surface area (Å²) in [5.41, 5.74) is 3.26. The molecule has 1 aromatic carbocycles. The molecule has 0 N–H and O–H groups in total. The van der Waals surface area contributed by atoms with Gasteiger partial charge in [-0.1, -0.05) is 24.2 Å². The SMILES string of the molecule is Cc1ccc(-c2cc(C(=O)C[C@@H](C)c3ncc(C(F)(F)F)cc3F)cc(C3=NO[C@H](c4ccccn4)C3)c2)nc1. The number of oxime groups is 1. The summed E-state index contributed by atoms with van der Waals surface area (Å²) < 4.78 is 53.3. The molecule has 40 heavy (non-hydrogen) atoms. The first-order valence-corrected chi connectivity index (χ1v) is 12.6. The number of aromatic nitrogens is 3. The molecule has 0 aliphatic carbocycles. The van der Waals surface area contributed by atoms with Gasteiger partial charge in [-0.15, -0.1) is 0 Å². The van der Waals surface area contributed by atoms with Gasteiger partial charge in [0.05, 0.1) is 28.4 Å². The van der Waals surface area contributed by atoms with Crippen molar-refractivity contribution in [3.8, 4) is 11.3 Å². The van der Waals surface area contributed by atoms with Crippen LogP contribution in [0.4, 0.5) is 17.6 Å². The summed E-state index contributed by atoms with van der Waals surface area (Å²) in [6.45, 7) is 3.47. The van der Waals surface area contributed by atoms with E-state index in [1.165, 1.54) is 0 Å². The van der Waals surface area contributed by atoms with E-state index in [1.54, 1.807) is 31.5 Å². The molecule has 0 saturated carbocycles. The molecule has 0 spiro atoms. The number of aryl methyl sites for hydroxylation is 1. The largest absolute Gasteiger partial charge is 0.417 e. The molecule has 6 nitrogen and oxygen atoms in total. The fraction of sp³-hybridized carbons (Fsp3) is 0.233. The maximum absolute atomic E-state index is 14.5. The van der Waals surface area contributed by atoms with Gasteiger partial charge in [-0.25, -0.2) is 4.39 Å². The second kappa shape index (κ2) is 11.0. The van der Waals surface area contributed by atoms with E-state index in [0.29, 0.717) is 46.8 Å². The van der Waals surface area contributed by atoms with Crippen LogP contribution in [0.2, 0.25) is 0 Å². The molecule has 1 aliphatic heterocycles. The Kier molecular flexibility index (Phi) is 7.42. The Balaban J connectivity index is 1.44. The van der Waals surface area contributed by atoms with E-state index in [9.17, 15) is 22.4 Å². The zero-order chi connectivity index (χ0) is 28.4. The summed E-state index contributed by atoms with van der Waals surface area (Å²) in [6.07, 6.45) is -0.840. The Morgan fingerprint density at radius 3 is 2.50 bits per heavy atom. The second-order valence-electron chi connectivity index (χ2n) is 9.73. The molecule has 0 saturated heterocycles. The third kappa shape index (κ3) is 5.90. The zero-order valence-corrected chi connectivity index (χ0v) is 21.6. The van der Waals surface area contributed by atoms with Crippen LogP contribution in [-0.4, -0.2) is 26.4 Å². The standard InChI is InChI=1S/C30H24F4N4O2/c1-17-6-7-24(36-15-17)19-10-20(26-14-28(40-38-26)25-5-3-4-8-35-25)12-21(11-19)27(39)9-18(2)29-23(31)13-22(16-37-29)30(32,33)34/h3-8,10-13,15-16,18,28H,9,14H2,1-2H3/t18-,28+/m1/s1. The number of hydrogen-bond donors (Lipinski definition) is 0. The Labute approximate surface area is 227 Å². The molecule has 1 aliphatic rings. The highest BCUT2D eigenvalue weighted by atomic mass is 19.4. The van der Waals surface area contributed by atoms with Crippen LogP contribution in [0.25, 0.3) is 11.3 Å². The molecular formula is C30H24F4N4O2. The maximum Gasteiger partial charge on any atom is 0.417 e. The van der Waals surface area contributed by atoms with Crippen molar-refractivity contribution in [3.63, 3.8) is 0 Å². The highest BCUT2D eigenvalue weighted by Crippen LogP contribution is 2.33. The second-order valence-corrected chi connectivity index (χ2v) is 9.73. The van der Waals surface area contributed by atoms with Gasteiger partial charge in [0.2, 0.25) is 0 Å². The molecule has 0 fully saturated rings. The van der Waals surface area contributed by atoms with Gasteiger partial charge in [-0.2, -0.15) is 13.2 Å². The molecule has 10 heteroatoms. The maximum atomic E-state index is 14.5. The van der Waals surface area contributed by atoms with Crippen molar-refractivity contribution in [1.82, 2.24) is 15.0 Å². The lowest BCUT2D eigenvalue weighted by atomic mass is 9.91. The topological polar surface area (TPSA) is 77.3 Å². The summed E-state index contributed by atoms with van der Waals surface area (Å²) in [7, 11) is 0. The van der Waals surface area contributed by atoms with Crippen molar-refractivity contribution >= 4 is 11.5 Å². The number of benzene rings is 1. The zero-order valence-electron chi connectivity index (χ0n) is 21.6. The van der Waals surface area contributed by atoms with Gasteiger partial charge in [-0.3, -0.25) is 19.7 Å². The van der Waals surface area contributed by atoms with Gasteiger partial charge in [0.1, 0.15) is 5.82 Å². The average Bonchev–Trinajstić information content (AvgIpc) is 3.44. The van der Waals surface area contributed by atoms with Crippen LogP contribution in [0.1, 0.15) is 70.2 Å². The fourth-order valence-corrected chi connectivity index (χ4v) is 4.47. The molecular weight excluding hydrogens is 524 g/mol. The summed E-state index contributed by atoms with van der Waals surface area (Å²) in [4.78, 5) is 31.6. The normalized spacial score (nSPS) is 15.8. The van der Waals surface area contributed by atoms with E-state index >= 15 is 0 Å². The van der Waals surface area contributed by atoms with Crippen LogP contribution in [0.15, 0.2) is 78.3 Å². The number of rotatable bonds is 7. The average molecular weight is 549 g/mol. The molecule has 0 radical (unpaired) electrons. The van der Waals surface area contributed by atoms with E-state index in [4.69, 9.17) is 4.84 Å². The number of alkyl halides is 3. The van der Waals surface area contributed by atoms with Gasteiger partial charge in [0.25, 0.3) is 0 Å². The Morgan fingerprint density at radius 2 is 1.82 bits per heavy atom. The Bertz CT molecular complexity index is 1570.